The molecule has 0 saturated heterocycles. The molecule has 1 aliphatic rings. The summed E-state index contributed by atoms with van der Waals surface area (Å²) < 4.78 is 4.68. The monoisotopic (exact) mass is 219 g/mol. The summed E-state index contributed by atoms with van der Waals surface area (Å²) in [6.07, 6.45) is 0. The van der Waals surface area contributed by atoms with Gasteiger partial charge in [-0.15, -0.1) is 0 Å². The molecule has 16 heavy (non-hydrogen) atoms. The predicted octanol–water partition coefficient (Wildman–Crippen LogP) is 1.09. The molecule has 2 rings (SSSR count). The average Bonchev–Trinajstić information content (AvgIpc) is 2.71. The Balaban J connectivity index is 2.06. The number of carbonyl (C=O) groups is 2. The van der Waals surface area contributed by atoms with Crippen molar-refractivity contribution in [3.8, 4) is 0 Å². The van der Waals surface area contributed by atoms with E-state index in [9.17, 15) is 9.59 Å². The molecular weight excluding hydrogens is 206 g/mol. The van der Waals surface area contributed by atoms with Gasteiger partial charge in [0.15, 0.2) is 0 Å². The van der Waals surface area contributed by atoms with E-state index in [4.69, 9.17) is 0 Å². The Morgan fingerprint density at radius 2 is 1.81 bits per heavy atom. The average molecular weight is 219 g/mol. The van der Waals surface area contributed by atoms with Gasteiger partial charge in [-0.05, 0) is 18.1 Å². The molecule has 0 saturated carbocycles. The number of hydrogen-bond acceptors (Lipinski definition) is 3. The number of hydrogen-bond donors (Lipinski definition) is 0. The topological polar surface area (TPSA) is 46.6 Å². The minimum absolute atomic E-state index is 0.228. The van der Waals surface area contributed by atoms with Crippen LogP contribution in [0.25, 0.3) is 0 Å². The number of fused-ring (bicyclic) bond motifs is 1. The summed E-state index contributed by atoms with van der Waals surface area (Å²) in [5, 5.41) is 0. The second-order valence-electron chi connectivity index (χ2n) is 3.65. The molecule has 0 bridgehead atoms. The van der Waals surface area contributed by atoms with Gasteiger partial charge in [-0.25, -0.2) is 4.79 Å². The van der Waals surface area contributed by atoms with Crippen LogP contribution in [-0.4, -0.2) is 23.4 Å². The van der Waals surface area contributed by atoms with Gasteiger partial charge in [-0.3, -0.25) is 4.79 Å². The van der Waals surface area contributed by atoms with Gasteiger partial charge < -0.3 is 9.64 Å². The normalized spacial score (nSPS) is 13.4. The van der Waals surface area contributed by atoms with Crippen molar-refractivity contribution in [2.24, 2.45) is 0 Å². The fourth-order valence-corrected chi connectivity index (χ4v) is 1.80. The van der Waals surface area contributed by atoms with Crippen LogP contribution in [0.15, 0.2) is 24.3 Å². The maximum atomic E-state index is 11.7. The maximum absolute atomic E-state index is 11.7. The van der Waals surface area contributed by atoms with Crippen molar-refractivity contribution in [3.63, 3.8) is 0 Å². The zero-order valence-electron chi connectivity index (χ0n) is 9.10. The first-order valence-electron chi connectivity index (χ1n) is 5.25. The van der Waals surface area contributed by atoms with Crippen molar-refractivity contribution in [2.45, 2.75) is 20.0 Å². The van der Waals surface area contributed by atoms with Crippen LogP contribution in [0.1, 0.15) is 18.1 Å². The van der Waals surface area contributed by atoms with E-state index in [0.717, 1.165) is 11.1 Å². The van der Waals surface area contributed by atoms with Crippen LogP contribution in [0.3, 0.4) is 0 Å². The van der Waals surface area contributed by atoms with Gasteiger partial charge in [-0.1, -0.05) is 24.3 Å². The smallest absolute Gasteiger partial charge is 0.397 e. The highest BCUT2D eigenvalue weighted by atomic mass is 16.5. The Bertz CT molecular complexity index is 403. The van der Waals surface area contributed by atoms with E-state index in [1.165, 1.54) is 4.90 Å². The van der Waals surface area contributed by atoms with E-state index < -0.39 is 11.9 Å². The molecule has 1 amide bonds. The number of rotatable bonds is 1. The third-order valence-corrected chi connectivity index (χ3v) is 2.58. The third-order valence-electron chi connectivity index (χ3n) is 2.58. The first-order chi connectivity index (χ1) is 7.72. The molecule has 0 aromatic heterocycles. The molecule has 4 nitrogen and oxygen atoms in total. The van der Waals surface area contributed by atoms with Gasteiger partial charge in [-0.2, -0.15) is 0 Å². The molecule has 0 N–H and O–H groups in total. The standard InChI is InChI=1S/C12H13NO3/c1-2-16-12(15)11(14)13-7-9-5-3-4-6-10(9)8-13/h3-6H,2,7-8H2,1H3. The first-order valence-corrected chi connectivity index (χ1v) is 5.25. The molecule has 1 aromatic carbocycles. The van der Waals surface area contributed by atoms with Gasteiger partial charge in [0.05, 0.1) is 6.61 Å². The van der Waals surface area contributed by atoms with Crippen molar-refractivity contribution in [1.29, 1.82) is 0 Å². The van der Waals surface area contributed by atoms with Gasteiger partial charge in [0, 0.05) is 13.1 Å². The fraction of sp³-hybridized carbons (Fsp3) is 0.333. The molecule has 0 aliphatic carbocycles. The highest BCUT2D eigenvalue weighted by Gasteiger charge is 2.28. The largest absolute Gasteiger partial charge is 0.459 e. The maximum Gasteiger partial charge on any atom is 0.397 e. The molecule has 0 spiro atoms. The molecule has 1 aliphatic heterocycles. The van der Waals surface area contributed by atoms with Crippen LogP contribution in [0.5, 0.6) is 0 Å². The Morgan fingerprint density at radius 1 is 1.25 bits per heavy atom. The highest BCUT2D eigenvalue weighted by molar-refractivity contribution is 6.32. The van der Waals surface area contributed by atoms with Crippen LogP contribution in [0, 0.1) is 0 Å². The van der Waals surface area contributed by atoms with E-state index in [2.05, 4.69) is 4.74 Å². The molecule has 0 radical (unpaired) electrons. The quantitative estimate of drug-likeness (QED) is 0.524. The summed E-state index contributed by atoms with van der Waals surface area (Å²) in [6.45, 7) is 2.90. The molecule has 0 fully saturated rings. The van der Waals surface area contributed by atoms with Crippen LogP contribution in [-0.2, 0) is 27.4 Å². The zero-order valence-corrected chi connectivity index (χ0v) is 9.10. The summed E-state index contributed by atoms with van der Waals surface area (Å²) in [7, 11) is 0. The molecule has 1 heterocycles. The molecule has 1 aromatic rings. The molecular formula is C12H13NO3. The van der Waals surface area contributed by atoms with Crippen LogP contribution >= 0.6 is 0 Å². The second-order valence-corrected chi connectivity index (χ2v) is 3.65. The third kappa shape index (κ3) is 1.91. The Labute approximate surface area is 93.8 Å². The summed E-state index contributed by atoms with van der Waals surface area (Å²) in [4.78, 5) is 24.4. The van der Waals surface area contributed by atoms with Gasteiger partial charge in [0.25, 0.3) is 0 Å². The Kier molecular flexibility index (Phi) is 2.90. The van der Waals surface area contributed by atoms with Crippen molar-refractivity contribution >= 4 is 11.9 Å². The number of ether oxygens (including phenoxy) is 1. The van der Waals surface area contributed by atoms with E-state index in [1.807, 2.05) is 24.3 Å². The molecule has 0 atom stereocenters. The van der Waals surface area contributed by atoms with Gasteiger partial charge in [0.2, 0.25) is 0 Å². The van der Waals surface area contributed by atoms with Crippen LogP contribution in [0.4, 0.5) is 0 Å². The summed E-state index contributed by atoms with van der Waals surface area (Å²) in [5.41, 5.74) is 2.19. The van der Waals surface area contributed by atoms with E-state index in [0.29, 0.717) is 13.1 Å². The van der Waals surface area contributed by atoms with Crippen molar-refractivity contribution in [2.75, 3.05) is 6.61 Å². The minimum Gasteiger partial charge on any atom is -0.459 e. The zero-order chi connectivity index (χ0) is 11.5. The summed E-state index contributed by atoms with van der Waals surface area (Å²) >= 11 is 0. The first kappa shape index (κ1) is 10.7. The second kappa shape index (κ2) is 4.35. The van der Waals surface area contributed by atoms with Crippen LogP contribution < -0.4 is 0 Å². The number of esters is 1. The van der Waals surface area contributed by atoms with Crippen molar-refractivity contribution < 1.29 is 14.3 Å². The van der Waals surface area contributed by atoms with Gasteiger partial charge in [0.1, 0.15) is 0 Å². The van der Waals surface area contributed by atoms with E-state index in [1.54, 1.807) is 6.92 Å². The number of amides is 1. The predicted molar refractivity (Wildman–Crippen MR) is 57.3 cm³/mol. The van der Waals surface area contributed by atoms with E-state index >= 15 is 0 Å². The number of benzene rings is 1. The SMILES string of the molecule is CCOC(=O)C(=O)N1Cc2ccccc2C1. The minimum atomic E-state index is -0.768. The van der Waals surface area contributed by atoms with Crippen molar-refractivity contribution in [3.05, 3.63) is 35.4 Å². The van der Waals surface area contributed by atoms with Crippen molar-refractivity contribution in [1.82, 2.24) is 4.90 Å². The molecule has 4 heteroatoms. The van der Waals surface area contributed by atoms with Crippen LogP contribution in [0.2, 0.25) is 0 Å². The van der Waals surface area contributed by atoms with Gasteiger partial charge >= 0.3 is 11.9 Å². The molecule has 84 valence electrons. The lowest BCUT2D eigenvalue weighted by atomic mass is 10.1. The fourth-order valence-electron chi connectivity index (χ4n) is 1.80. The lowest BCUT2D eigenvalue weighted by molar-refractivity contribution is -0.160. The summed E-state index contributed by atoms with van der Waals surface area (Å²) in [5.74, 6) is -1.33. The lowest BCUT2D eigenvalue weighted by Crippen LogP contribution is -2.33. The van der Waals surface area contributed by atoms with E-state index in [-0.39, 0.29) is 6.61 Å². The Morgan fingerprint density at radius 3 is 2.31 bits per heavy atom. The lowest BCUT2D eigenvalue weighted by Gasteiger charge is -2.13. The summed E-state index contributed by atoms with van der Waals surface area (Å²) in [6, 6.07) is 7.79. The Hall–Kier alpha value is -1.84. The number of nitrogens with zero attached hydrogens (tertiary/aromatic N) is 1. The highest BCUT2D eigenvalue weighted by Crippen LogP contribution is 2.22. The number of carbonyl (C=O) groups excluding carboxylic acids is 2. The molecule has 0 unspecified atom stereocenters.